The van der Waals surface area contributed by atoms with Crippen LogP contribution in [-0.2, 0) is 16.6 Å². The molecule has 3 aromatic rings. The molecule has 0 atom stereocenters. The second kappa shape index (κ2) is 8.51. The maximum atomic E-state index is 12.9. The Morgan fingerprint density at radius 2 is 1.84 bits per heavy atom. The third kappa shape index (κ3) is 5.43. The van der Waals surface area contributed by atoms with Gasteiger partial charge in [-0.3, -0.25) is 0 Å². The van der Waals surface area contributed by atoms with Gasteiger partial charge in [-0.05, 0) is 56.0 Å². The molecule has 12 heteroatoms. The Bertz CT molecular complexity index is 1200. The topological polar surface area (TPSA) is 102 Å². The van der Waals surface area contributed by atoms with Gasteiger partial charge < -0.3 is 9.88 Å². The van der Waals surface area contributed by atoms with Gasteiger partial charge in [0.05, 0.1) is 22.5 Å². The minimum Gasteiger partial charge on any atom is -0.324 e. The van der Waals surface area contributed by atoms with Gasteiger partial charge in [0.25, 0.3) is 0 Å². The number of hydrogen-bond acceptors (Lipinski definition) is 6. The first-order valence-corrected chi connectivity index (χ1v) is 11.4. The fraction of sp³-hybridized carbons (Fsp3) is 0.350. The molecule has 32 heavy (non-hydrogen) atoms. The van der Waals surface area contributed by atoms with Crippen molar-refractivity contribution < 1.29 is 21.6 Å². The van der Waals surface area contributed by atoms with Crippen molar-refractivity contribution >= 4 is 21.7 Å². The molecule has 1 fully saturated rings. The predicted molar refractivity (Wildman–Crippen MR) is 112 cm³/mol. The van der Waals surface area contributed by atoms with Gasteiger partial charge in [0.2, 0.25) is 16.0 Å². The normalized spacial score (nSPS) is 14.5. The molecule has 8 nitrogen and oxygen atoms in total. The number of halogens is 3. The zero-order valence-electron chi connectivity index (χ0n) is 17.1. The van der Waals surface area contributed by atoms with Gasteiger partial charge in [-0.25, -0.2) is 28.1 Å². The van der Waals surface area contributed by atoms with Crippen LogP contribution in [0.1, 0.15) is 18.7 Å². The van der Waals surface area contributed by atoms with Crippen LogP contribution in [0.3, 0.4) is 0 Å². The van der Waals surface area contributed by atoms with Gasteiger partial charge in [-0.1, -0.05) is 0 Å². The summed E-state index contributed by atoms with van der Waals surface area (Å²) >= 11 is 0. The standard InChI is InChI=1S/C20H21F3N6O2S/c1-13-25-11-18(29(13)12-20(21,22)23)17-8-9-24-19(28-17)27-15-4-6-16(7-5-15)32(30,31)26-10-14-2-3-14/h4-9,11,14,26H,2-3,10,12H2,1H3,(H,24,27,28). The van der Waals surface area contributed by atoms with E-state index < -0.39 is 22.7 Å². The molecule has 0 unspecified atom stereocenters. The molecule has 1 saturated carbocycles. The number of benzene rings is 1. The minimum atomic E-state index is -4.40. The van der Waals surface area contributed by atoms with Crippen molar-refractivity contribution in [2.24, 2.45) is 5.92 Å². The molecule has 1 aliphatic rings. The van der Waals surface area contributed by atoms with Crippen LogP contribution in [0.25, 0.3) is 11.4 Å². The largest absolute Gasteiger partial charge is 0.406 e. The fourth-order valence-electron chi connectivity index (χ4n) is 3.09. The van der Waals surface area contributed by atoms with Crippen LogP contribution in [0, 0.1) is 12.8 Å². The van der Waals surface area contributed by atoms with Crippen molar-refractivity contribution in [3.8, 4) is 11.4 Å². The lowest BCUT2D eigenvalue weighted by molar-refractivity contribution is -0.140. The average molecular weight is 466 g/mol. The smallest absolute Gasteiger partial charge is 0.324 e. The van der Waals surface area contributed by atoms with E-state index in [0.717, 1.165) is 17.4 Å². The van der Waals surface area contributed by atoms with E-state index >= 15 is 0 Å². The summed E-state index contributed by atoms with van der Waals surface area (Å²) in [7, 11) is -3.58. The number of aryl methyl sites for hydroxylation is 1. The maximum Gasteiger partial charge on any atom is 0.406 e. The number of aromatic nitrogens is 4. The molecule has 1 aliphatic carbocycles. The third-order valence-electron chi connectivity index (χ3n) is 4.99. The molecule has 4 rings (SSSR count). The Balaban J connectivity index is 1.50. The number of imidazole rings is 1. The minimum absolute atomic E-state index is 0.143. The Morgan fingerprint density at radius 1 is 1.12 bits per heavy atom. The Hall–Kier alpha value is -2.99. The molecule has 2 aromatic heterocycles. The van der Waals surface area contributed by atoms with E-state index in [2.05, 4.69) is 25.0 Å². The van der Waals surface area contributed by atoms with Gasteiger partial charge in [-0.2, -0.15) is 13.2 Å². The van der Waals surface area contributed by atoms with Crippen LogP contribution in [0.4, 0.5) is 24.8 Å². The molecule has 2 heterocycles. The van der Waals surface area contributed by atoms with Crippen molar-refractivity contribution in [3.63, 3.8) is 0 Å². The van der Waals surface area contributed by atoms with Crippen LogP contribution < -0.4 is 10.0 Å². The van der Waals surface area contributed by atoms with Crippen molar-refractivity contribution in [1.29, 1.82) is 0 Å². The number of nitrogens with zero attached hydrogens (tertiary/aromatic N) is 4. The number of alkyl halides is 3. The molecular weight excluding hydrogens is 445 g/mol. The molecule has 0 spiro atoms. The number of sulfonamides is 1. The first-order chi connectivity index (χ1) is 15.1. The molecule has 0 aliphatic heterocycles. The second-order valence-electron chi connectivity index (χ2n) is 7.60. The van der Waals surface area contributed by atoms with Crippen molar-refractivity contribution in [1.82, 2.24) is 24.2 Å². The summed E-state index contributed by atoms with van der Waals surface area (Å²) in [5.74, 6) is 0.797. The van der Waals surface area contributed by atoms with Crippen LogP contribution in [0.15, 0.2) is 47.6 Å². The van der Waals surface area contributed by atoms with Crippen LogP contribution in [-0.4, -0.2) is 40.7 Å². The molecule has 0 bridgehead atoms. The van der Waals surface area contributed by atoms with E-state index in [1.807, 2.05) is 0 Å². The van der Waals surface area contributed by atoms with Crippen LogP contribution >= 0.6 is 0 Å². The molecule has 0 amide bonds. The summed E-state index contributed by atoms with van der Waals surface area (Å²) in [4.78, 5) is 12.5. The SMILES string of the molecule is Cc1ncc(-c2ccnc(Nc3ccc(S(=O)(=O)NCC4CC4)cc3)n2)n1CC(F)(F)F. The monoisotopic (exact) mass is 466 g/mol. The van der Waals surface area contributed by atoms with Crippen molar-refractivity contribution in [2.75, 3.05) is 11.9 Å². The Labute approximate surface area is 183 Å². The second-order valence-corrected chi connectivity index (χ2v) is 9.37. The fourth-order valence-corrected chi connectivity index (χ4v) is 4.21. The predicted octanol–water partition coefficient (Wildman–Crippen LogP) is 3.64. The van der Waals surface area contributed by atoms with E-state index in [9.17, 15) is 21.6 Å². The van der Waals surface area contributed by atoms with Gasteiger partial charge in [0.15, 0.2) is 0 Å². The van der Waals surface area contributed by atoms with Gasteiger partial charge >= 0.3 is 6.18 Å². The summed E-state index contributed by atoms with van der Waals surface area (Å²) in [6.45, 7) is 0.754. The highest BCUT2D eigenvalue weighted by Gasteiger charge is 2.30. The molecule has 2 N–H and O–H groups in total. The summed E-state index contributed by atoms with van der Waals surface area (Å²) in [5, 5.41) is 2.94. The van der Waals surface area contributed by atoms with E-state index in [-0.39, 0.29) is 28.1 Å². The van der Waals surface area contributed by atoms with E-state index in [4.69, 9.17) is 0 Å². The summed E-state index contributed by atoms with van der Waals surface area (Å²) in [5.41, 5.74) is 1.02. The molecule has 0 saturated heterocycles. The highest BCUT2D eigenvalue weighted by Crippen LogP contribution is 2.28. The molecular formula is C20H21F3N6O2S. The zero-order valence-corrected chi connectivity index (χ0v) is 17.9. The Kier molecular flexibility index (Phi) is 5.91. The molecule has 1 aromatic carbocycles. The summed E-state index contributed by atoms with van der Waals surface area (Å²) in [6, 6.07) is 7.56. The van der Waals surface area contributed by atoms with Crippen molar-refractivity contribution in [3.05, 3.63) is 48.5 Å². The van der Waals surface area contributed by atoms with Gasteiger partial charge in [0, 0.05) is 18.4 Å². The zero-order chi connectivity index (χ0) is 22.9. The lowest BCUT2D eigenvalue weighted by Gasteiger charge is -2.13. The molecule has 0 radical (unpaired) electrons. The van der Waals surface area contributed by atoms with E-state index in [0.29, 0.717) is 18.2 Å². The number of rotatable bonds is 8. The number of nitrogens with one attached hydrogen (secondary N) is 2. The Morgan fingerprint density at radius 3 is 2.50 bits per heavy atom. The summed E-state index contributed by atoms with van der Waals surface area (Å²) < 4.78 is 67.1. The highest BCUT2D eigenvalue weighted by molar-refractivity contribution is 7.89. The summed E-state index contributed by atoms with van der Waals surface area (Å²) in [6.07, 6.45) is 0.443. The van der Waals surface area contributed by atoms with Gasteiger partial charge in [0.1, 0.15) is 12.4 Å². The number of hydrogen-bond donors (Lipinski definition) is 2. The average Bonchev–Trinajstić information content (AvgIpc) is 3.50. The first kappa shape index (κ1) is 22.2. The number of anilines is 2. The van der Waals surface area contributed by atoms with E-state index in [1.165, 1.54) is 37.5 Å². The van der Waals surface area contributed by atoms with Crippen LogP contribution in [0.2, 0.25) is 0 Å². The third-order valence-corrected chi connectivity index (χ3v) is 6.43. The quantitative estimate of drug-likeness (QED) is 0.526. The van der Waals surface area contributed by atoms with E-state index in [1.54, 1.807) is 12.1 Å². The first-order valence-electron chi connectivity index (χ1n) is 9.90. The lowest BCUT2D eigenvalue weighted by Crippen LogP contribution is -2.25. The highest BCUT2D eigenvalue weighted by atomic mass is 32.2. The van der Waals surface area contributed by atoms with Gasteiger partial charge in [-0.15, -0.1) is 0 Å². The molecule has 170 valence electrons. The lowest BCUT2D eigenvalue weighted by atomic mass is 10.3. The maximum absolute atomic E-state index is 12.9. The van der Waals surface area contributed by atoms with Crippen molar-refractivity contribution in [2.45, 2.75) is 37.4 Å². The van der Waals surface area contributed by atoms with Crippen LogP contribution in [0.5, 0.6) is 0 Å².